The highest BCUT2D eigenvalue weighted by Gasteiger charge is 2.09. The van der Waals surface area contributed by atoms with Gasteiger partial charge in [0.05, 0.1) is 0 Å². The van der Waals surface area contributed by atoms with E-state index in [9.17, 15) is 9.59 Å². The molecule has 2 aromatic rings. The number of aryl methyl sites for hydroxylation is 2. The predicted molar refractivity (Wildman–Crippen MR) is 128 cm³/mol. The summed E-state index contributed by atoms with van der Waals surface area (Å²) in [5, 5.41) is 5.49. The second kappa shape index (κ2) is 12.1. The average Bonchev–Trinajstić information content (AvgIpc) is 2.69. The topological polar surface area (TPSA) is 76.7 Å². The molecule has 6 heteroatoms. The molecule has 6 nitrogen and oxygen atoms in total. The van der Waals surface area contributed by atoms with Crippen molar-refractivity contribution in [3.8, 4) is 11.5 Å². The Morgan fingerprint density at radius 1 is 0.688 bits per heavy atom. The van der Waals surface area contributed by atoms with Crippen LogP contribution in [0.4, 0.5) is 9.59 Å². The second-order valence-electron chi connectivity index (χ2n) is 8.81. The first kappa shape index (κ1) is 25.2. The molecule has 0 aromatic heterocycles. The number of nitrogens with one attached hydrogen (secondary N) is 2. The number of rotatable bonds is 9. The first-order chi connectivity index (χ1) is 15.1. The first-order valence-corrected chi connectivity index (χ1v) is 11.3. The monoisotopic (exact) mass is 440 g/mol. The molecule has 0 spiro atoms. The van der Waals surface area contributed by atoms with Gasteiger partial charge in [-0.2, -0.15) is 0 Å². The van der Waals surface area contributed by atoms with E-state index in [4.69, 9.17) is 9.47 Å². The minimum absolute atomic E-state index is 0.364. The Bertz CT molecular complexity index is 847. The van der Waals surface area contributed by atoms with Gasteiger partial charge in [0.15, 0.2) is 0 Å². The van der Waals surface area contributed by atoms with Gasteiger partial charge in [0, 0.05) is 13.1 Å². The van der Waals surface area contributed by atoms with Crippen LogP contribution in [0.2, 0.25) is 0 Å². The molecule has 2 aromatic carbocycles. The van der Waals surface area contributed by atoms with Crippen LogP contribution in [0.3, 0.4) is 0 Å². The molecular formula is C26H36N2O4. The largest absolute Gasteiger partial charge is 0.412 e. The number of unbranched alkanes of at least 4 members (excludes halogenated alkanes) is 1. The van der Waals surface area contributed by atoms with E-state index in [1.807, 2.05) is 38.1 Å². The fourth-order valence-electron chi connectivity index (χ4n) is 3.25. The minimum atomic E-state index is -0.474. The minimum Gasteiger partial charge on any atom is -0.410 e. The Morgan fingerprint density at radius 3 is 1.41 bits per heavy atom. The summed E-state index contributed by atoms with van der Waals surface area (Å²) in [5.41, 5.74) is 4.39. The van der Waals surface area contributed by atoms with Crippen LogP contribution in [-0.4, -0.2) is 25.3 Å². The highest BCUT2D eigenvalue weighted by molar-refractivity contribution is 5.71. The van der Waals surface area contributed by atoms with Gasteiger partial charge in [-0.25, -0.2) is 9.59 Å². The van der Waals surface area contributed by atoms with E-state index in [2.05, 4.69) is 50.5 Å². The lowest BCUT2D eigenvalue weighted by atomic mass is 10.0. The van der Waals surface area contributed by atoms with E-state index in [-0.39, 0.29) is 0 Å². The van der Waals surface area contributed by atoms with Gasteiger partial charge in [0.2, 0.25) is 0 Å². The maximum atomic E-state index is 12.0. The predicted octanol–water partition coefficient (Wildman–Crippen LogP) is 6.21. The van der Waals surface area contributed by atoms with E-state index in [0.29, 0.717) is 49.3 Å². The second-order valence-corrected chi connectivity index (χ2v) is 8.81. The van der Waals surface area contributed by atoms with Crippen molar-refractivity contribution in [2.45, 2.75) is 66.2 Å². The van der Waals surface area contributed by atoms with Crippen molar-refractivity contribution in [1.82, 2.24) is 10.6 Å². The van der Waals surface area contributed by atoms with E-state index in [0.717, 1.165) is 22.3 Å². The molecule has 0 aliphatic rings. The van der Waals surface area contributed by atoms with Gasteiger partial charge in [-0.3, -0.25) is 0 Å². The lowest BCUT2D eigenvalue weighted by molar-refractivity contribution is 0.197. The van der Waals surface area contributed by atoms with Gasteiger partial charge < -0.3 is 20.1 Å². The van der Waals surface area contributed by atoms with Crippen molar-refractivity contribution >= 4 is 12.2 Å². The van der Waals surface area contributed by atoms with Gasteiger partial charge in [0.25, 0.3) is 0 Å². The number of hydrogen-bond donors (Lipinski definition) is 2. The Labute approximate surface area is 191 Å². The quantitative estimate of drug-likeness (QED) is 0.455. The van der Waals surface area contributed by atoms with Gasteiger partial charge in [-0.05, 0) is 85.0 Å². The smallest absolute Gasteiger partial charge is 0.410 e. The molecule has 32 heavy (non-hydrogen) atoms. The molecule has 174 valence electrons. The van der Waals surface area contributed by atoms with Gasteiger partial charge in [-0.15, -0.1) is 0 Å². The molecule has 0 aliphatic heterocycles. The molecule has 0 aliphatic carbocycles. The van der Waals surface area contributed by atoms with Crippen molar-refractivity contribution in [3.05, 3.63) is 58.7 Å². The average molecular weight is 441 g/mol. The van der Waals surface area contributed by atoms with E-state index >= 15 is 0 Å². The van der Waals surface area contributed by atoms with Crippen molar-refractivity contribution in [3.63, 3.8) is 0 Å². The Kier molecular flexibility index (Phi) is 9.57. The van der Waals surface area contributed by atoms with Crippen LogP contribution in [-0.2, 0) is 0 Å². The zero-order valence-corrected chi connectivity index (χ0v) is 20.1. The summed E-state index contributed by atoms with van der Waals surface area (Å²) in [5.74, 6) is 1.82. The van der Waals surface area contributed by atoms with Crippen LogP contribution in [0, 0.1) is 13.8 Å². The van der Waals surface area contributed by atoms with Gasteiger partial charge in [0.1, 0.15) is 11.5 Å². The number of benzene rings is 2. The van der Waals surface area contributed by atoms with Crippen molar-refractivity contribution in [2.75, 3.05) is 13.1 Å². The molecule has 2 amide bonds. The number of amides is 2. The lowest BCUT2D eigenvalue weighted by Crippen LogP contribution is -2.30. The summed E-state index contributed by atoms with van der Waals surface area (Å²) >= 11 is 0. The van der Waals surface area contributed by atoms with E-state index in [1.54, 1.807) is 0 Å². The number of carbonyl (C=O) groups is 2. The van der Waals surface area contributed by atoms with Gasteiger partial charge >= 0.3 is 12.2 Å². The molecule has 0 unspecified atom stereocenters. The third-order valence-corrected chi connectivity index (χ3v) is 5.04. The maximum Gasteiger partial charge on any atom is 0.412 e. The summed E-state index contributed by atoms with van der Waals surface area (Å²) in [4.78, 5) is 24.1. The fraction of sp³-hybridized carbons (Fsp3) is 0.462. The third-order valence-electron chi connectivity index (χ3n) is 5.04. The Hall–Kier alpha value is -3.02. The summed E-state index contributed by atoms with van der Waals surface area (Å²) < 4.78 is 10.8. The van der Waals surface area contributed by atoms with Crippen LogP contribution < -0.4 is 20.1 Å². The van der Waals surface area contributed by atoms with Crippen LogP contribution in [0.25, 0.3) is 0 Å². The van der Waals surface area contributed by atoms with Crippen molar-refractivity contribution in [1.29, 1.82) is 0 Å². The van der Waals surface area contributed by atoms with Crippen LogP contribution in [0.1, 0.15) is 74.6 Å². The van der Waals surface area contributed by atoms with Crippen molar-refractivity contribution < 1.29 is 19.1 Å². The zero-order chi connectivity index (χ0) is 23.7. The normalized spacial score (nSPS) is 10.9. The van der Waals surface area contributed by atoms with Crippen molar-refractivity contribution in [2.24, 2.45) is 0 Å². The molecule has 0 bridgehead atoms. The SMILES string of the molecule is Cc1cc(OC(=O)NCCCCNC(=O)Oc2cc(C)cc(C(C)C)c2)cc(C(C)C)c1. The Balaban J connectivity index is 1.66. The van der Waals surface area contributed by atoms with Crippen LogP contribution in [0.5, 0.6) is 11.5 Å². The molecule has 0 atom stereocenters. The molecule has 2 N–H and O–H groups in total. The summed E-state index contributed by atoms with van der Waals surface area (Å²) in [7, 11) is 0. The summed E-state index contributed by atoms with van der Waals surface area (Å²) in [6.07, 6.45) is 0.473. The zero-order valence-electron chi connectivity index (χ0n) is 20.1. The van der Waals surface area contributed by atoms with E-state index in [1.165, 1.54) is 0 Å². The molecule has 0 radical (unpaired) electrons. The first-order valence-electron chi connectivity index (χ1n) is 11.3. The third kappa shape index (κ3) is 8.61. The molecule has 2 rings (SSSR count). The fourth-order valence-corrected chi connectivity index (χ4v) is 3.25. The highest BCUT2D eigenvalue weighted by atomic mass is 16.6. The molecule has 0 saturated carbocycles. The standard InChI is InChI=1S/C26H36N2O4/c1-17(2)21-11-19(5)13-23(15-21)31-25(29)27-9-7-8-10-28-26(30)32-24-14-20(6)12-22(16-24)18(3)4/h11-18H,7-10H2,1-6H3,(H,27,29)(H,28,30). The number of carbonyl (C=O) groups excluding carboxylic acids is 2. The molecule has 0 heterocycles. The Morgan fingerprint density at radius 2 is 1.06 bits per heavy atom. The van der Waals surface area contributed by atoms with Crippen LogP contribution >= 0.6 is 0 Å². The van der Waals surface area contributed by atoms with Crippen LogP contribution in [0.15, 0.2) is 36.4 Å². The molecule has 0 saturated heterocycles. The number of hydrogen-bond acceptors (Lipinski definition) is 4. The maximum absolute atomic E-state index is 12.0. The van der Waals surface area contributed by atoms with E-state index < -0.39 is 12.2 Å². The molecule has 0 fully saturated rings. The number of ether oxygens (including phenoxy) is 2. The molecular weight excluding hydrogens is 404 g/mol. The van der Waals surface area contributed by atoms with Gasteiger partial charge in [-0.1, -0.05) is 39.8 Å². The lowest BCUT2D eigenvalue weighted by Gasteiger charge is -2.12. The summed E-state index contributed by atoms with van der Waals surface area (Å²) in [6, 6.07) is 11.7. The summed E-state index contributed by atoms with van der Waals surface area (Å²) in [6.45, 7) is 13.3. The highest BCUT2D eigenvalue weighted by Crippen LogP contribution is 2.24.